The van der Waals surface area contributed by atoms with Crippen LogP contribution in [0.5, 0.6) is 0 Å². The van der Waals surface area contributed by atoms with E-state index in [1.54, 1.807) is 24.3 Å². The zero-order chi connectivity index (χ0) is 20.4. The number of carbonyl (C=O) groups is 1. The molecule has 0 aliphatic carbocycles. The molecular weight excluding hydrogens is 408 g/mol. The van der Waals surface area contributed by atoms with E-state index < -0.39 is 10.0 Å². The van der Waals surface area contributed by atoms with E-state index in [1.807, 2.05) is 23.1 Å². The van der Waals surface area contributed by atoms with Crippen LogP contribution in [0.1, 0.15) is 30.4 Å². The number of hydrogen-bond donors (Lipinski definition) is 0. The molecule has 154 valence electrons. The fourth-order valence-corrected chi connectivity index (χ4v) is 5.94. The third-order valence-electron chi connectivity index (χ3n) is 5.84. The Bertz CT molecular complexity index is 983. The zero-order valence-electron chi connectivity index (χ0n) is 16.3. The van der Waals surface area contributed by atoms with Gasteiger partial charge in [-0.2, -0.15) is 0 Å². The quantitative estimate of drug-likeness (QED) is 0.737. The lowest BCUT2D eigenvalue weighted by Crippen LogP contribution is -2.46. The van der Waals surface area contributed by atoms with Crippen LogP contribution in [-0.2, 0) is 27.0 Å². The Morgan fingerprint density at radius 3 is 2.41 bits per heavy atom. The van der Waals surface area contributed by atoms with Crippen LogP contribution in [0.15, 0.2) is 48.5 Å². The Morgan fingerprint density at radius 2 is 1.69 bits per heavy atom. The van der Waals surface area contributed by atoms with E-state index in [-0.39, 0.29) is 17.6 Å². The lowest BCUT2D eigenvalue weighted by Gasteiger charge is -2.36. The first-order valence-corrected chi connectivity index (χ1v) is 12.0. The number of rotatable bonds is 4. The number of hydrogen-bond acceptors (Lipinski definition) is 3. The molecule has 4 rings (SSSR count). The summed E-state index contributed by atoms with van der Waals surface area (Å²) in [6.45, 7) is 1.52. The smallest absolute Gasteiger partial charge is 0.230 e. The number of para-hydroxylation sites is 1. The molecule has 0 bridgehead atoms. The van der Waals surface area contributed by atoms with Gasteiger partial charge >= 0.3 is 0 Å². The molecular formula is C22H25ClN2O3S. The number of amides is 1. The first kappa shape index (κ1) is 20.4. The summed E-state index contributed by atoms with van der Waals surface area (Å²) < 4.78 is 27.1. The highest BCUT2D eigenvalue weighted by molar-refractivity contribution is 7.88. The third-order valence-corrected chi connectivity index (χ3v) is 7.94. The maximum absolute atomic E-state index is 13.1. The molecule has 2 aromatic carbocycles. The van der Waals surface area contributed by atoms with Crippen molar-refractivity contribution in [2.24, 2.45) is 5.92 Å². The summed E-state index contributed by atoms with van der Waals surface area (Å²) in [5.74, 6) is -0.0301. The van der Waals surface area contributed by atoms with Gasteiger partial charge in [0.25, 0.3) is 0 Å². The van der Waals surface area contributed by atoms with Gasteiger partial charge in [-0.15, -0.1) is 0 Å². The Hall–Kier alpha value is -1.89. The summed E-state index contributed by atoms with van der Waals surface area (Å²) in [4.78, 5) is 15.0. The minimum absolute atomic E-state index is 0.0394. The van der Waals surface area contributed by atoms with E-state index in [2.05, 4.69) is 6.07 Å². The number of fused-ring (bicyclic) bond motifs is 1. The molecule has 1 saturated heterocycles. The Labute approximate surface area is 177 Å². The van der Waals surface area contributed by atoms with Crippen LogP contribution in [0.2, 0.25) is 5.02 Å². The maximum atomic E-state index is 13.1. The monoisotopic (exact) mass is 432 g/mol. The molecule has 0 saturated carbocycles. The van der Waals surface area contributed by atoms with E-state index in [0.29, 0.717) is 31.0 Å². The fraction of sp³-hybridized carbons (Fsp3) is 0.409. The first-order valence-electron chi connectivity index (χ1n) is 10.1. The maximum Gasteiger partial charge on any atom is 0.230 e. The van der Waals surface area contributed by atoms with Crippen molar-refractivity contribution in [2.75, 3.05) is 24.5 Å². The summed E-state index contributed by atoms with van der Waals surface area (Å²) >= 11 is 5.88. The molecule has 0 spiro atoms. The average Bonchev–Trinajstić information content (AvgIpc) is 2.74. The number of benzene rings is 2. The minimum Gasteiger partial charge on any atom is -0.312 e. The molecule has 0 N–H and O–H groups in total. The predicted molar refractivity (Wildman–Crippen MR) is 115 cm³/mol. The Morgan fingerprint density at radius 1 is 1.00 bits per heavy atom. The molecule has 2 aromatic rings. The standard InChI is InChI=1S/C22H25ClN2O3S/c23-20-9-7-17(8-10-20)16-29(27,28)24-14-11-19(12-15-24)22(26)25-13-3-5-18-4-1-2-6-21(18)25/h1-2,4,6-10,19H,3,5,11-16H2. The lowest BCUT2D eigenvalue weighted by atomic mass is 9.94. The highest BCUT2D eigenvalue weighted by Gasteiger charge is 2.34. The van der Waals surface area contributed by atoms with Crippen molar-refractivity contribution in [2.45, 2.75) is 31.4 Å². The van der Waals surface area contributed by atoms with Gasteiger partial charge < -0.3 is 4.90 Å². The van der Waals surface area contributed by atoms with Gasteiger partial charge in [0.15, 0.2) is 0 Å². The Balaban J connectivity index is 1.39. The van der Waals surface area contributed by atoms with E-state index >= 15 is 0 Å². The van der Waals surface area contributed by atoms with Gasteiger partial charge in [-0.1, -0.05) is 41.9 Å². The van der Waals surface area contributed by atoms with Crippen LogP contribution in [0, 0.1) is 5.92 Å². The van der Waals surface area contributed by atoms with E-state index in [4.69, 9.17) is 11.6 Å². The van der Waals surface area contributed by atoms with Crippen molar-refractivity contribution in [1.82, 2.24) is 4.31 Å². The molecule has 2 aliphatic heterocycles. The topological polar surface area (TPSA) is 57.7 Å². The molecule has 2 aliphatic rings. The van der Waals surface area contributed by atoms with Crippen molar-refractivity contribution in [3.05, 3.63) is 64.7 Å². The molecule has 0 unspecified atom stereocenters. The van der Waals surface area contributed by atoms with Gasteiger partial charge in [-0.05, 0) is 55.0 Å². The molecule has 29 heavy (non-hydrogen) atoms. The number of anilines is 1. The number of carbonyl (C=O) groups excluding carboxylic acids is 1. The van der Waals surface area contributed by atoms with Crippen molar-refractivity contribution >= 4 is 33.2 Å². The van der Waals surface area contributed by atoms with Crippen LogP contribution in [0.3, 0.4) is 0 Å². The van der Waals surface area contributed by atoms with Gasteiger partial charge in [0.05, 0.1) is 5.75 Å². The lowest BCUT2D eigenvalue weighted by molar-refractivity contribution is -0.123. The van der Waals surface area contributed by atoms with Crippen molar-refractivity contribution in [1.29, 1.82) is 0 Å². The summed E-state index contributed by atoms with van der Waals surface area (Å²) in [5.41, 5.74) is 2.95. The molecule has 0 radical (unpaired) electrons. The number of piperidine rings is 1. The van der Waals surface area contributed by atoms with Crippen LogP contribution in [-0.4, -0.2) is 38.3 Å². The minimum atomic E-state index is -3.41. The second-order valence-electron chi connectivity index (χ2n) is 7.78. The zero-order valence-corrected chi connectivity index (χ0v) is 17.8. The summed E-state index contributed by atoms with van der Waals surface area (Å²) in [6.07, 6.45) is 3.10. The van der Waals surface area contributed by atoms with Crippen LogP contribution >= 0.6 is 11.6 Å². The number of nitrogens with zero attached hydrogens (tertiary/aromatic N) is 2. The summed E-state index contributed by atoms with van der Waals surface area (Å²) in [7, 11) is -3.41. The molecule has 2 heterocycles. The number of halogens is 1. The van der Waals surface area contributed by atoms with Crippen LogP contribution in [0.4, 0.5) is 5.69 Å². The largest absolute Gasteiger partial charge is 0.312 e. The molecule has 1 amide bonds. The average molecular weight is 433 g/mol. The molecule has 0 atom stereocenters. The Kier molecular flexibility index (Phi) is 5.95. The molecule has 1 fully saturated rings. The van der Waals surface area contributed by atoms with E-state index in [1.165, 1.54) is 9.87 Å². The number of sulfonamides is 1. The van der Waals surface area contributed by atoms with Gasteiger partial charge in [-0.25, -0.2) is 12.7 Å². The second-order valence-corrected chi connectivity index (χ2v) is 10.2. The van der Waals surface area contributed by atoms with Crippen LogP contribution < -0.4 is 4.90 Å². The summed E-state index contributed by atoms with van der Waals surface area (Å²) in [5, 5.41) is 0.588. The van der Waals surface area contributed by atoms with Crippen molar-refractivity contribution in [3.63, 3.8) is 0 Å². The predicted octanol–water partition coefficient (Wildman–Crippen LogP) is 3.86. The van der Waals surface area contributed by atoms with E-state index in [9.17, 15) is 13.2 Å². The van der Waals surface area contributed by atoms with Crippen LogP contribution in [0.25, 0.3) is 0 Å². The molecule has 0 aromatic heterocycles. The highest BCUT2D eigenvalue weighted by atomic mass is 35.5. The van der Waals surface area contributed by atoms with Crippen molar-refractivity contribution < 1.29 is 13.2 Å². The molecule has 7 heteroatoms. The second kappa shape index (κ2) is 8.46. The SMILES string of the molecule is O=C(C1CCN(S(=O)(=O)Cc2ccc(Cl)cc2)CC1)N1CCCc2ccccc21. The fourth-order valence-electron chi connectivity index (χ4n) is 4.25. The number of aryl methyl sites for hydroxylation is 1. The van der Waals surface area contributed by atoms with Gasteiger partial charge in [0.2, 0.25) is 15.9 Å². The molecule has 5 nitrogen and oxygen atoms in total. The highest BCUT2D eigenvalue weighted by Crippen LogP contribution is 2.31. The first-order chi connectivity index (χ1) is 13.9. The van der Waals surface area contributed by atoms with Crippen molar-refractivity contribution in [3.8, 4) is 0 Å². The van der Waals surface area contributed by atoms with E-state index in [0.717, 1.165) is 30.6 Å². The van der Waals surface area contributed by atoms with Gasteiger partial charge in [-0.3, -0.25) is 4.79 Å². The normalized spacial score (nSPS) is 18.4. The summed E-state index contributed by atoms with van der Waals surface area (Å²) in [6, 6.07) is 15.0. The van der Waals surface area contributed by atoms with Gasteiger partial charge in [0.1, 0.15) is 0 Å². The third kappa shape index (κ3) is 4.49. The van der Waals surface area contributed by atoms with Gasteiger partial charge in [0, 0.05) is 36.3 Å².